The van der Waals surface area contributed by atoms with E-state index in [0.29, 0.717) is 58.9 Å². The Morgan fingerprint density at radius 2 is 1.62 bits per heavy atom. The molecule has 11 heteroatoms. The van der Waals surface area contributed by atoms with Crippen molar-refractivity contribution in [3.05, 3.63) is 227 Å². The molecule has 17 atom stereocenters. The topological polar surface area (TPSA) is 162 Å². The number of carbonyl (C=O) groups excluding carboxylic acids is 2. The van der Waals surface area contributed by atoms with Gasteiger partial charge < -0.3 is 38.7 Å². The summed E-state index contributed by atoms with van der Waals surface area (Å²) in [6.07, 6.45) is 26.6. The number of hydrogen-bond acceptors (Lipinski definition) is 11. The zero-order valence-corrected chi connectivity index (χ0v) is 54.2. The van der Waals surface area contributed by atoms with E-state index in [-0.39, 0.29) is 114 Å². The fraction of sp³-hybridized carbons (Fsp3) is 0.440. The molecule has 13 aliphatic rings. The largest absolute Gasteiger partial charge is 0.481 e. The first-order valence-corrected chi connectivity index (χ1v) is 35.4. The van der Waals surface area contributed by atoms with E-state index >= 15 is 14.4 Å². The Morgan fingerprint density at radius 1 is 0.789 bits per heavy atom. The highest BCUT2D eigenvalue weighted by Crippen LogP contribution is 2.67. The van der Waals surface area contributed by atoms with Crippen LogP contribution in [0, 0.1) is 47.3 Å². The molecule has 4 heterocycles. The molecule has 3 N–H and O–H groups in total. The van der Waals surface area contributed by atoms with E-state index in [9.17, 15) is 15.3 Å². The van der Waals surface area contributed by atoms with Gasteiger partial charge in [0.2, 0.25) is 0 Å². The summed E-state index contributed by atoms with van der Waals surface area (Å²) in [5.74, 6) is 5.96. The van der Waals surface area contributed by atoms with Gasteiger partial charge in [0.1, 0.15) is 11.3 Å². The molecule has 3 aliphatic heterocycles. The summed E-state index contributed by atoms with van der Waals surface area (Å²) in [6.45, 7) is 0.710. The monoisotopic (exact) mass is 1270 g/mol. The molecule has 11 nitrogen and oxygen atoms in total. The molecule has 2 saturated carbocycles. The molecule has 95 heavy (non-hydrogen) atoms. The van der Waals surface area contributed by atoms with Gasteiger partial charge in [0.15, 0.2) is 17.8 Å². The van der Waals surface area contributed by atoms with Crippen LogP contribution in [-0.4, -0.2) is 65.9 Å². The SMILES string of the molecule is COCC(CCO)c1c(CO)c2ccc3c(c2oc1=O)C1OC(=O)CC2CC(c4cccc5c4CCC4CCCC6C=Cc7ccccc7C564)C=CC2c2ccc4c5c2C2C#CCC6(O3)C3CC7c8ccccc8C=CC7C3CC5(C=C2)CCC4CC(=C(C)CO)C(=O)OC16. The van der Waals surface area contributed by atoms with Crippen LogP contribution in [0.5, 0.6) is 5.75 Å². The lowest BCUT2D eigenvalue weighted by molar-refractivity contribution is -0.205. The van der Waals surface area contributed by atoms with Crippen molar-refractivity contribution >= 4 is 35.1 Å². The summed E-state index contributed by atoms with van der Waals surface area (Å²) < 4.78 is 35.1. The summed E-state index contributed by atoms with van der Waals surface area (Å²) in [5.41, 5.74) is 13.2. The van der Waals surface area contributed by atoms with Crippen molar-refractivity contribution in [3.8, 4) is 17.6 Å². The van der Waals surface area contributed by atoms with E-state index in [1.54, 1.807) is 6.92 Å². The quantitative estimate of drug-likeness (QED) is 0.0437. The zero-order valence-electron chi connectivity index (χ0n) is 54.2. The second-order valence-corrected chi connectivity index (χ2v) is 30.2. The van der Waals surface area contributed by atoms with Crippen LogP contribution in [0.15, 0.2) is 148 Å². The number of hydrogen-bond donors (Lipinski definition) is 3. The van der Waals surface area contributed by atoms with Gasteiger partial charge >= 0.3 is 17.6 Å². The minimum Gasteiger partial charge on any atom is -0.481 e. The summed E-state index contributed by atoms with van der Waals surface area (Å²) in [5, 5.41) is 33.5. The van der Waals surface area contributed by atoms with Gasteiger partial charge in [0.25, 0.3) is 0 Å². The van der Waals surface area contributed by atoms with E-state index < -0.39 is 53.3 Å². The smallest absolute Gasteiger partial charge is 0.340 e. The molecule has 0 radical (unpaired) electrons. The Balaban J connectivity index is 0.891. The van der Waals surface area contributed by atoms with Gasteiger partial charge in [-0.3, -0.25) is 4.79 Å². The molecule has 19 rings (SSSR count). The second kappa shape index (κ2) is 22.6. The normalized spacial score (nSPS) is 34.3. The Labute approximate surface area is 555 Å². The second-order valence-electron chi connectivity index (χ2n) is 30.2. The number of aliphatic hydroxyl groups is 3. The maximum absolute atomic E-state index is 16.5. The minimum absolute atomic E-state index is 0.0107. The molecule has 0 amide bonds. The highest BCUT2D eigenvalue weighted by molar-refractivity contribution is 5.91. The number of methoxy groups -OCH3 is 1. The number of fused-ring (bicyclic) bond motifs is 14. The van der Waals surface area contributed by atoms with Crippen LogP contribution < -0.4 is 10.4 Å². The zero-order chi connectivity index (χ0) is 64.2. The number of aliphatic hydroxyl groups excluding tert-OH is 3. The predicted molar refractivity (Wildman–Crippen MR) is 363 cm³/mol. The molecule has 3 fully saturated rings. The number of esters is 2. The van der Waals surface area contributed by atoms with E-state index in [0.717, 1.165) is 38.5 Å². The molecular weight excluding hydrogens is 1180 g/mol. The molecule has 484 valence electrons. The molecular formula is C84H82O11. The van der Waals surface area contributed by atoms with Crippen LogP contribution in [0.1, 0.15) is 210 Å². The van der Waals surface area contributed by atoms with Crippen LogP contribution in [0.4, 0.5) is 0 Å². The summed E-state index contributed by atoms with van der Waals surface area (Å²) in [7, 11) is 1.53. The number of rotatable bonds is 8. The lowest BCUT2D eigenvalue weighted by Crippen LogP contribution is -2.61. The lowest BCUT2D eigenvalue weighted by atomic mass is 9.48. The molecule has 10 aliphatic carbocycles. The maximum atomic E-state index is 16.5. The number of allylic oxidation sites excluding steroid dienone is 6. The van der Waals surface area contributed by atoms with Gasteiger partial charge in [-0.05, 0) is 203 Å². The van der Waals surface area contributed by atoms with Crippen molar-refractivity contribution in [1.29, 1.82) is 0 Å². The predicted octanol–water partition coefficient (Wildman–Crippen LogP) is 14.6. The van der Waals surface area contributed by atoms with Crippen LogP contribution in [0.3, 0.4) is 0 Å². The van der Waals surface area contributed by atoms with Crippen molar-refractivity contribution in [2.45, 2.75) is 168 Å². The van der Waals surface area contributed by atoms with E-state index in [1.807, 2.05) is 12.1 Å². The van der Waals surface area contributed by atoms with Crippen molar-refractivity contribution in [2.24, 2.45) is 35.5 Å². The highest BCUT2D eigenvalue weighted by Gasteiger charge is 2.66. The van der Waals surface area contributed by atoms with E-state index in [2.05, 4.69) is 139 Å². The third-order valence-electron chi connectivity index (χ3n) is 26.2. The van der Waals surface area contributed by atoms with Crippen molar-refractivity contribution in [2.75, 3.05) is 26.9 Å². The van der Waals surface area contributed by atoms with Crippen LogP contribution in [0.25, 0.3) is 23.1 Å². The van der Waals surface area contributed by atoms with Crippen molar-refractivity contribution in [1.82, 2.24) is 0 Å². The van der Waals surface area contributed by atoms with Crippen LogP contribution in [-0.2, 0) is 47.7 Å². The molecule has 6 bridgehead atoms. The molecule has 17 unspecified atom stereocenters. The third-order valence-corrected chi connectivity index (χ3v) is 26.2. The summed E-state index contributed by atoms with van der Waals surface area (Å²) in [4.78, 5) is 47.7. The van der Waals surface area contributed by atoms with Gasteiger partial charge in [0, 0.05) is 71.2 Å². The van der Waals surface area contributed by atoms with Gasteiger partial charge in [-0.25, -0.2) is 9.59 Å². The average Bonchev–Trinajstić information content (AvgIpc) is 1.69. The van der Waals surface area contributed by atoms with Crippen LogP contribution >= 0.6 is 0 Å². The lowest BCUT2D eigenvalue weighted by Gasteiger charge is -2.55. The fourth-order valence-electron chi connectivity index (χ4n) is 22.3. The first kappa shape index (κ1) is 59.6. The average molecular weight is 1270 g/mol. The molecule has 3 spiro atoms. The molecule has 1 aromatic heterocycles. The Bertz CT molecular complexity index is 4520. The standard InChI is InChI=1S/C84H82O11/c1-46(43-86)64-39-51-32-36-82-35-31-49-12-9-34-83(70-41-65-56-15-5-3-10-47(56)20-25-60(65)66(70)42-82)79(94-80(64)89)78(75-71(95-83)30-29-63-67(44-87)74(81(90)93-77(63)75)52(33-37-85)45-91-2)92-72(88)40-53-38-50(21-24-58(53)62-28-27-59(51)76(82)73(49)62)57-16-8-18-69-61(57)26-23-55-14-7-13-54-22-19-48-11-4-6-17-68(48)84(54,55)69/h3-6,8,10-11,15-22,24-25,27-31,35,49-55,58,60,65-66,70,78-79,85-87H,7,13-14,23,26,32-34,36-45H2,1-2H3. The third kappa shape index (κ3) is 8.68. The van der Waals surface area contributed by atoms with Crippen LogP contribution in [0.2, 0.25) is 0 Å². The summed E-state index contributed by atoms with van der Waals surface area (Å²) in [6, 6.07) is 33.3. The number of carbonyl (C=O) groups is 2. The molecule has 5 aromatic carbocycles. The maximum Gasteiger partial charge on any atom is 0.340 e. The number of ether oxygens (including phenoxy) is 4. The van der Waals surface area contributed by atoms with Crippen molar-refractivity contribution < 1.29 is 48.3 Å². The first-order chi connectivity index (χ1) is 46.5. The summed E-state index contributed by atoms with van der Waals surface area (Å²) >= 11 is 0. The minimum atomic E-state index is -1.49. The van der Waals surface area contributed by atoms with Gasteiger partial charge in [-0.2, -0.15) is 0 Å². The Kier molecular flexibility index (Phi) is 14.2. The van der Waals surface area contributed by atoms with Gasteiger partial charge in [0.05, 0.1) is 37.7 Å². The van der Waals surface area contributed by atoms with E-state index in [4.69, 9.17) is 23.4 Å². The van der Waals surface area contributed by atoms with Gasteiger partial charge in [-0.15, -0.1) is 0 Å². The van der Waals surface area contributed by atoms with Gasteiger partial charge in [-0.1, -0.05) is 146 Å². The highest BCUT2D eigenvalue weighted by atomic mass is 16.6. The van der Waals surface area contributed by atoms with Crippen molar-refractivity contribution in [3.63, 3.8) is 0 Å². The molecule has 6 aromatic rings. The fourth-order valence-corrected chi connectivity index (χ4v) is 22.3. The Hall–Kier alpha value is -7.85. The van der Waals surface area contributed by atoms with E-state index in [1.165, 1.54) is 81.1 Å². The first-order valence-electron chi connectivity index (χ1n) is 35.4. The molecule has 1 saturated heterocycles. The number of benzene rings is 5. The Morgan fingerprint density at radius 3 is 2.48 bits per heavy atom.